The summed E-state index contributed by atoms with van der Waals surface area (Å²) >= 11 is 0. The third-order valence-corrected chi connectivity index (χ3v) is 5.74. The third-order valence-electron chi connectivity index (χ3n) is 5.74. The second-order valence-electron chi connectivity index (χ2n) is 7.76. The Hall–Kier alpha value is -1.54. The quantitative estimate of drug-likeness (QED) is 0.270. The van der Waals surface area contributed by atoms with Crippen molar-refractivity contribution in [1.29, 1.82) is 0 Å². The van der Waals surface area contributed by atoms with Crippen LogP contribution in [0.25, 0.3) is 0 Å². The van der Waals surface area contributed by atoms with Gasteiger partial charge in [-0.3, -0.25) is 0 Å². The summed E-state index contributed by atoms with van der Waals surface area (Å²) in [5.41, 5.74) is 1.21. The van der Waals surface area contributed by atoms with Crippen LogP contribution in [0.5, 0.6) is 0 Å². The Labute approximate surface area is 198 Å². The first-order chi connectivity index (χ1) is 14.3. The first-order valence-corrected chi connectivity index (χ1v) is 11.0. The van der Waals surface area contributed by atoms with Crippen LogP contribution in [0.2, 0.25) is 0 Å². The number of benzene rings is 1. The molecule has 2 N–H and O–H groups in total. The van der Waals surface area contributed by atoms with E-state index in [9.17, 15) is 0 Å². The number of nitrogens with zero attached hydrogens (tertiary/aromatic N) is 1. The molecule has 2 unspecified atom stereocenters. The molecule has 0 saturated carbocycles. The van der Waals surface area contributed by atoms with E-state index in [4.69, 9.17) is 14.1 Å². The molecule has 0 radical (unpaired) electrons. The Balaban J connectivity index is 0.00000320. The van der Waals surface area contributed by atoms with Crippen molar-refractivity contribution in [2.45, 2.75) is 64.6 Å². The van der Waals surface area contributed by atoms with Crippen molar-refractivity contribution in [3.8, 4) is 0 Å². The van der Waals surface area contributed by atoms with E-state index in [-0.39, 0.29) is 24.0 Å². The molecule has 0 amide bonds. The summed E-state index contributed by atoms with van der Waals surface area (Å²) in [6.07, 6.45) is 7.29. The lowest BCUT2D eigenvalue weighted by Gasteiger charge is -2.35. The van der Waals surface area contributed by atoms with Crippen LogP contribution in [0.15, 0.2) is 58.1 Å². The first-order valence-electron chi connectivity index (χ1n) is 11.0. The zero-order chi connectivity index (χ0) is 20.3. The molecule has 2 heterocycles. The molecule has 1 saturated heterocycles. The number of nitrogens with one attached hydrogen (secondary N) is 2. The summed E-state index contributed by atoms with van der Waals surface area (Å²) in [5.74, 6) is 2.49. The van der Waals surface area contributed by atoms with Crippen LogP contribution in [0.4, 0.5) is 0 Å². The Morgan fingerprint density at radius 1 is 1.13 bits per heavy atom. The molecule has 2 aromatic rings. The molecule has 30 heavy (non-hydrogen) atoms. The molecule has 1 fully saturated rings. The van der Waals surface area contributed by atoms with Crippen LogP contribution >= 0.6 is 24.0 Å². The predicted molar refractivity (Wildman–Crippen MR) is 133 cm³/mol. The average molecular weight is 525 g/mol. The second-order valence-corrected chi connectivity index (χ2v) is 7.76. The van der Waals surface area contributed by atoms with Gasteiger partial charge in [0.25, 0.3) is 0 Å². The zero-order valence-corrected chi connectivity index (χ0v) is 20.5. The van der Waals surface area contributed by atoms with Crippen LogP contribution in [-0.2, 0) is 17.7 Å². The molecule has 0 aliphatic carbocycles. The minimum Gasteiger partial charge on any atom is -0.469 e. The third kappa shape index (κ3) is 7.95. The molecule has 0 spiro atoms. The highest BCUT2D eigenvalue weighted by atomic mass is 127. The Morgan fingerprint density at radius 3 is 2.63 bits per heavy atom. The van der Waals surface area contributed by atoms with Crippen LogP contribution in [0.3, 0.4) is 0 Å². The highest BCUT2D eigenvalue weighted by Crippen LogP contribution is 2.25. The van der Waals surface area contributed by atoms with Gasteiger partial charge in [0.2, 0.25) is 0 Å². The van der Waals surface area contributed by atoms with Crippen molar-refractivity contribution in [2.75, 3.05) is 13.2 Å². The van der Waals surface area contributed by atoms with Crippen LogP contribution < -0.4 is 10.6 Å². The molecule has 1 aromatic carbocycles. The lowest BCUT2D eigenvalue weighted by atomic mass is 9.89. The van der Waals surface area contributed by atoms with Gasteiger partial charge in [-0.15, -0.1) is 24.0 Å². The largest absolute Gasteiger partial charge is 0.469 e. The maximum atomic E-state index is 6.08. The minimum atomic E-state index is 0. The summed E-state index contributed by atoms with van der Waals surface area (Å²) in [7, 11) is 0. The molecule has 2 atom stereocenters. The highest BCUT2D eigenvalue weighted by molar-refractivity contribution is 14.0. The molecular weight excluding hydrogens is 489 g/mol. The van der Waals surface area contributed by atoms with Crippen LogP contribution in [0, 0.1) is 5.92 Å². The Kier molecular flexibility index (Phi) is 11.3. The molecule has 5 nitrogen and oxygen atoms in total. The molecule has 1 aromatic heterocycles. The number of rotatable bonds is 9. The van der Waals surface area contributed by atoms with E-state index in [0.29, 0.717) is 24.6 Å². The van der Waals surface area contributed by atoms with Gasteiger partial charge < -0.3 is 19.8 Å². The van der Waals surface area contributed by atoms with Gasteiger partial charge in [0.15, 0.2) is 5.96 Å². The van der Waals surface area contributed by atoms with Crippen molar-refractivity contribution >= 4 is 29.9 Å². The Bertz CT molecular complexity index is 717. The molecule has 166 valence electrons. The van der Waals surface area contributed by atoms with E-state index in [2.05, 4.69) is 48.7 Å². The standard InChI is InChI=1S/C24H35N3O2.HI/c1-3-20(4-2)23-17-21(13-16-29-23)27-24(25-14-12-22-11-8-15-28-22)26-18-19-9-6-5-7-10-19;/h5-11,15,20-21,23H,3-4,12-14,16-18H2,1-2H3,(H2,25,26,27);1H. The minimum absolute atomic E-state index is 0. The fourth-order valence-electron chi connectivity index (χ4n) is 3.96. The lowest BCUT2D eigenvalue weighted by molar-refractivity contribution is -0.0324. The van der Waals surface area contributed by atoms with E-state index in [1.54, 1.807) is 6.26 Å². The molecular formula is C24H36IN3O2. The Morgan fingerprint density at radius 2 is 1.93 bits per heavy atom. The van der Waals surface area contributed by atoms with Gasteiger partial charge in [-0.25, -0.2) is 4.99 Å². The highest BCUT2D eigenvalue weighted by Gasteiger charge is 2.28. The topological polar surface area (TPSA) is 58.8 Å². The number of aliphatic imine (C=N–C) groups is 1. The normalized spacial score (nSPS) is 19.4. The van der Waals surface area contributed by atoms with Crippen molar-refractivity contribution in [2.24, 2.45) is 10.9 Å². The fraction of sp³-hybridized carbons (Fsp3) is 0.542. The van der Waals surface area contributed by atoms with Gasteiger partial charge in [-0.2, -0.15) is 0 Å². The van der Waals surface area contributed by atoms with Crippen molar-refractivity contribution in [3.05, 3.63) is 60.1 Å². The van der Waals surface area contributed by atoms with Gasteiger partial charge in [-0.1, -0.05) is 57.0 Å². The summed E-state index contributed by atoms with van der Waals surface area (Å²) in [4.78, 5) is 4.84. The number of ether oxygens (including phenoxy) is 1. The number of furan rings is 1. The summed E-state index contributed by atoms with van der Waals surface area (Å²) in [6.45, 7) is 6.79. The van der Waals surface area contributed by atoms with E-state index >= 15 is 0 Å². The maximum absolute atomic E-state index is 6.08. The molecule has 6 heteroatoms. The fourth-order valence-corrected chi connectivity index (χ4v) is 3.96. The summed E-state index contributed by atoms with van der Waals surface area (Å²) < 4.78 is 11.5. The molecule has 3 rings (SSSR count). The van der Waals surface area contributed by atoms with E-state index < -0.39 is 0 Å². The maximum Gasteiger partial charge on any atom is 0.191 e. The second kappa shape index (κ2) is 13.7. The van der Waals surface area contributed by atoms with Crippen molar-refractivity contribution in [1.82, 2.24) is 10.6 Å². The molecule has 0 bridgehead atoms. The number of hydrogen-bond donors (Lipinski definition) is 2. The van der Waals surface area contributed by atoms with E-state index in [1.807, 2.05) is 18.2 Å². The van der Waals surface area contributed by atoms with Gasteiger partial charge >= 0.3 is 0 Å². The van der Waals surface area contributed by atoms with Gasteiger partial charge in [0.05, 0.1) is 18.9 Å². The van der Waals surface area contributed by atoms with Gasteiger partial charge in [0, 0.05) is 25.6 Å². The molecule has 1 aliphatic heterocycles. The monoisotopic (exact) mass is 525 g/mol. The van der Waals surface area contributed by atoms with Crippen LogP contribution in [0.1, 0.15) is 50.9 Å². The summed E-state index contributed by atoms with van der Waals surface area (Å²) in [6, 6.07) is 14.7. The number of halogens is 1. The first kappa shape index (κ1) is 24.7. The van der Waals surface area contributed by atoms with E-state index in [0.717, 1.165) is 44.1 Å². The van der Waals surface area contributed by atoms with Crippen molar-refractivity contribution < 1.29 is 9.15 Å². The predicted octanol–water partition coefficient (Wildman–Crippen LogP) is 5.16. The van der Waals surface area contributed by atoms with E-state index in [1.165, 1.54) is 18.4 Å². The number of guanidine groups is 1. The summed E-state index contributed by atoms with van der Waals surface area (Å²) in [5, 5.41) is 7.15. The van der Waals surface area contributed by atoms with Crippen molar-refractivity contribution in [3.63, 3.8) is 0 Å². The van der Waals surface area contributed by atoms with Gasteiger partial charge in [-0.05, 0) is 36.5 Å². The zero-order valence-electron chi connectivity index (χ0n) is 18.2. The lowest BCUT2D eigenvalue weighted by Crippen LogP contribution is -2.48. The number of hydrogen-bond acceptors (Lipinski definition) is 3. The van der Waals surface area contributed by atoms with Crippen LogP contribution in [-0.4, -0.2) is 31.3 Å². The molecule has 1 aliphatic rings. The smallest absolute Gasteiger partial charge is 0.191 e. The SMILES string of the molecule is CCC(CC)C1CC(NC(=NCc2ccccc2)NCCc2ccco2)CCO1.I. The average Bonchev–Trinajstić information content (AvgIpc) is 3.27. The van der Waals surface area contributed by atoms with Gasteiger partial charge in [0.1, 0.15) is 5.76 Å².